The Morgan fingerprint density at radius 2 is 2.00 bits per heavy atom. The molecule has 0 bridgehead atoms. The molecule has 2 aromatic carbocycles. The maximum absolute atomic E-state index is 9.40. The highest BCUT2D eigenvalue weighted by Gasteiger charge is 2.22. The van der Waals surface area contributed by atoms with Crippen molar-refractivity contribution >= 4 is 5.71 Å². The van der Waals surface area contributed by atoms with Crippen molar-refractivity contribution in [3.63, 3.8) is 0 Å². The average Bonchev–Trinajstić information content (AvgIpc) is 3.29. The van der Waals surface area contributed by atoms with E-state index in [4.69, 9.17) is 14.7 Å². The molecular formula is C21H18N4O2. The molecule has 0 saturated heterocycles. The number of hydrogen-bond donors (Lipinski definition) is 1. The molecule has 1 N–H and O–H groups in total. The Hall–Kier alpha value is -3.46. The highest BCUT2D eigenvalue weighted by atomic mass is 16.5. The summed E-state index contributed by atoms with van der Waals surface area (Å²) in [5, 5.41) is 21.6. The topological polar surface area (TPSA) is 95.8 Å². The molecule has 0 aliphatic heterocycles. The molecule has 6 heteroatoms. The van der Waals surface area contributed by atoms with Crippen LogP contribution in [-0.4, -0.2) is 22.0 Å². The van der Waals surface area contributed by atoms with Gasteiger partial charge in [0, 0.05) is 16.8 Å². The van der Waals surface area contributed by atoms with Crippen molar-refractivity contribution < 1.29 is 9.26 Å². The van der Waals surface area contributed by atoms with Gasteiger partial charge in [-0.25, -0.2) is 0 Å². The number of nitrogens with one attached hydrogen (secondary N) is 1. The number of ether oxygens (including phenoxy) is 1. The molecule has 134 valence electrons. The third-order valence-corrected chi connectivity index (χ3v) is 4.50. The summed E-state index contributed by atoms with van der Waals surface area (Å²) in [6.45, 7) is 3.83. The first-order valence-corrected chi connectivity index (χ1v) is 8.81. The van der Waals surface area contributed by atoms with Crippen LogP contribution in [0.5, 0.6) is 5.75 Å². The SMILES string of the molecule is CC(C)Oc1ccc(-c2nc(-c3cccc4c3CCC4=N)no2)cc1C#N. The lowest BCUT2D eigenvalue weighted by molar-refractivity contribution is 0.242. The first-order valence-electron chi connectivity index (χ1n) is 8.81. The summed E-state index contributed by atoms with van der Waals surface area (Å²) >= 11 is 0. The third kappa shape index (κ3) is 3.08. The molecule has 0 atom stereocenters. The zero-order valence-electron chi connectivity index (χ0n) is 15.1. The molecule has 0 radical (unpaired) electrons. The van der Waals surface area contributed by atoms with E-state index >= 15 is 0 Å². The van der Waals surface area contributed by atoms with E-state index in [2.05, 4.69) is 16.2 Å². The molecule has 27 heavy (non-hydrogen) atoms. The molecule has 4 rings (SSSR count). The van der Waals surface area contributed by atoms with Gasteiger partial charge in [-0.1, -0.05) is 23.4 Å². The number of aromatic nitrogens is 2. The zero-order valence-corrected chi connectivity index (χ0v) is 15.1. The monoisotopic (exact) mass is 358 g/mol. The maximum Gasteiger partial charge on any atom is 0.258 e. The fourth-order valence-electron chi connectivity index (χ4n) is 3.29. The number of nitrogens with zero attached hydrogens (tertiary/aromatic N) is 3. The maximum atomic E-state index is 9.40. The van der Waals surface area contributed by atoms with Crippen molar-refractivity contribution in [2.75, 3.05) is 0 Å². The highest BCUT2D eigenvalue weighted by Crippen LogP contribution is 2.32. The number of rotatable bonds is 4. The van der Waals surface area contributed by atoms with Crippen LogP contribution in [0.25, 0.3) is 22.8 Å². The minimum atomic E-state index is -0.0168. The molecule has 0 saturated carbocycles. The quantitative estimate of drug-likeness (QED) is 0.747. The minimum absolute atomic E-state index is 0.0168. The van der Waals surface area contributed by atoms with Gasteiger partial charge in [-0.15, -0.1) is 0 Å². The molecule has 0 spiro atoms. The third-order valence-electron chi connectivity index (χ3n) is 4.50. The fourth-order valence-corrected chi connectivity index (χ4v) is 3.29. The second-order valence-electron chi connectivity index (χ2n) is 6.72. The minimum Gasteiger partial charge on any atom is -0.490 e. The van der Waals surface area contributed by atoms with Gasteiger partial charge in [-0.2, -0.15) is 10.2 Å². The summed E-state index contributed by atoms with van der Waals surface area (Å²) in [5.74, 6) is 1.39. The molecule has 1 heterocycles. The summed E-state index contributed by atoms with van der Waals surface area (Å²) < 4.78 is 11.1. The van der Waals surface area contributed by atoms with Gasteiger partial charge in [0.25, 0.3) is 5.89 Å². The van der Waals surface area contributed by atoms with E-state index < -0.39 is 0 Å². The Labute approximate surface area is 156 Å². The predicted octanol–water partition coefficient (Wildman–Crippen LogP) is 4.38. The van der Waals surface area contributed by atoms with E-state index in [1.807, 2.05) is 32.0 Å². The summed E-state index contributed by atoms with van der Waals surface area (Å²) in [6.07, 6.45) is 1.53. The number of nitriles is 1. The summed E-state index contributed by atoms with van der Waals surface area (Å²) in [5.41, 5.74) is 4.69. The Kier molecular flexibility index (Phi) is 4.21. The van der Waals surface area contributed by atoms with E-state index in [-0.39, 0.29) is 6.10 Å². The van der Waals surface area contributed by atoms with Crippen LogP contribution in [0.15, 0.2) is 40.9 Å². The molecule has 6 nitrogen and oxygen atoms in total. The number of benzene rings is 2. The summed E-state index contributed by atoms with van der Waals surface area (Å²) in [7, 11) is 0. The van der Waals surface area contributed by atoms with Crippen LogP contribution in [0.3, 0.4) is 0 Å². The Morgan fingerprint density at radius 1 is 1.19 bits per heavy atom. The van der Waals surface area contributed by atoms with Gasteiger partial charge in [-0.3, -0.25) is 0 Å². The molecule has 3 aromatic rings. The molecule has 1 aromatic heterocycles. The molecule has 0 fully saturated rings. The van der Waals surface area contributed by atoms with Crippen molar-refractivity contribution in [2.45, 2.75) is 32.8 Å². The van der Waals surface area contributed by atoms with Crippen molar-refractivity contribution in [3.8, 4) is 34.7 Å². The van der Waals surface area contributed by atoms with Crippen LogP contribution in [0.4, 0.5) is 0 Å². The van der Waals surface area contributed by atoms with E-state index in [1.165, 1.54) is 0 Å². The van der Waals surface area contributed by atoms with Gasteiger partial charge in [-0.05, 0) is 56.0 Å². The van der Waals surface area contributed by atoms with Gasteiger partial charge in [0.15, 0.2) is 0 Å². The standard InChI is InChI=1S/C21H18N4O2/c1-12(2)26-19-9-6-13(10-14(19)11-22)21-24-20(25-27-21)17-5-3-4-16-15(17)7-8-18(16)23/h3-6,9-10,12,23H,7-8H2,1-2H3. The Morgan fingerprint density at radius 3 is 2.78 bits per heavy atom. The largest absolute Gasteiger partial charge is 0.490 e. The van der Waals surface area contributed by atoms with Gasteiger partial charge < -0.3 is 14.7 Å². The number of fused-ring (bicyclic) bond motifs is 1. The Bertz CT molecular complexity index is 1080. The fraction of sp³-hybridized carbons (Fsp3) is 0.238. The van der Waals surface area contributed by atoms with Crippen molar-refractivity contribution in [2.24, 2.45) is 0 Å². The Balaban J connectivity index is 1.70. The van der Waals surface area contributed by atoms with E-state index in [0.29, 0.717) is 34.3 Å². The molecule has 1 aliphatic rings. The smallest absolute Gasteiger partial charge is 0.258 e. The van der Waals surface area contributed by atoms with Gasteiger partial charge in [0.1, 0.15) is 11.8 Å². The first kappa shape index (κ1) is 17.0. The van der Waals surface area contributed by atoms with Crippen LogP contribution >= 0.6 is 0 Å². The van der Waals surface area contributed by atoms with Crippen LogP contribution in [0, 0.1) is 16.7 Å². The van der Waals surface area contributed by atoms with Crippen LogP contribution in [0.1, 0.15) is 37.0 Å². The van der Waals surface area contributed by atoms with E-state index in [1.54, 1.807) is 18.2 Å². The van der Waals surface area contributed by atoms with E-state index in [0.717, 1.165) is 29.5 Å². The van der Waals surface area contributed by atoms with Crippen LogP contribution in [0.2, 0.25) is 0 Å². The van der Waals surface area contributed by atoms with Gasteiger partial charge in [0.05, 0.1) is 11.7 Å². The normalized spacial score (nSPS) is 12.9. The second-order valence-corrected chi connectivity index (χ2v) is 6.72. The molecule has 0 amide bonds. The first-order chi connectivity index (χ1) is 13.1. The second kappa shape index (κ2) is 6.69. The van der Waals surface area contributed by atoms with Crippen molar-refractivity contribution in [1.82, 2.24) is 10.1 Å². The summed E-state index contributed by atoms with van der Waals surface area (Å²) in [6, 6.07) is 13.2. The van der Waals surface area contributed by atoms with Gasteiger partial charge >= 0.3 is 0 Å². The van der Waals surface area contributed by atoms with Crippen molar-refractivity contribution in [3.05, 3.63) is 53.1 Å². The zero-order chi connectivity index (χ0) is 19.0. The van der Waals surface area contributed by atoms with Crippen LogP contribution in [-0.2, 0) is 6.42 Å². The number of hydrogen-bond acceptors (Lipinski definition) is 6. The molecule has 1 aliphatic carbocycles. The van der Waals surface area contributed by atoms with E-state index in [9.17, 15) is 5.26 Å². The summed E-state index contributed by atoms with van der Waals surface area (Å²) in [4.78, 5) is 4.52. The lowest BCUT2D eigenvalue weighted by atomic mass is 10.0. The van der Waals surface area contributed by atoms with Crippen molar-refractivity contribution in [1.29, 1.82) is 10.7 Å². The molecule has 0 unspecified atom stereocenters. The van der Waals surface area contributed by atoms with Crippen LogP contribution < -0.4 is 4.74 Å². The predicted molar refractivity (Wildman–Crippen MR) is 101 cm³/mol. The lowest BCUT2D eigenvalue weighted by Gasteiger charge is -2.11. The highest BCUT2D eigenvalue weighted by molar-refractivity contribution is 6.03. The average molecular weight is 358 g/mol. The van der Waals surface area contributed by atoms with Gasteiger partial charge in [0.2, 0.25) is 5.82 Å². The molecular weight excluding hydrogens is 340 g/mol. The lowest BCUT2D eigenvalue weighted by Crippen LogP contribution is -2.06.